The van der Waals surface area contributed by atoms with Crippen molar-refractivity contribution in [1.29, 1.82) is 0 Å². The van der Waals surface area contributed by atoms with Crippen molar-refractivity contribution in [3.8, 4) is 5.69 Å². The molecule has 0 radical (unpaired) electrons. The summed E-state index contributed by atoms with van der Waals surface area (Å²) < 4.78 is 39.9. The second kappa shape index (κ2) is 4.83. The highest BCUT2D eigenvalue weighted by molar-refractivity contribution is 5.81. The lowest BCUT2D eigenvalue weighted by molar-refractivity contribution is -0.136. The van der Waals surface area contributed by atoms with Gasteiger partial charge in [0.05, 0.1) is 28.4 Å². The van der Waals surface area contributed by atoms with Crippen LogP contribution in [0.25, 0.3) is 16.6 Å². The summed E-state index contributed by atoms with van der Waals surface area (Å²) in [6.07, 6.45) is -2.06. The van der Waals surface area contributed by atoms with E-state index in [1.807, 2.05) is 0 Å². The van der Waals surface area contributed by atoms with Crippen LogP contribution >= 0.6 is 0 Å². The minimum atomic E-state index is -4.70. The summed E-state index contributed by atoms with van der Waals surface area (Å²) in [6.45, 7) is 0. The van der Waals surface area contributed by atoms with E-state index < -0.39 is 28.4 Å². The average Bonchev–Trinajstić information content (AvgIpc) is 2.46. The largest absolute Gasteiger partial charge is 0.417 e. The van der Waals surface area contributed by atoms with Crippen LogP contribution in [0.4, 0.5) is 13.2 Å². The minimum absolute atomic E-state index is 0.0904. The lowest BCUT2D eigenvalue weighted by Gasteiger charge is -2.11. The quantitative estimate of drug-likeness (QED) is 0.748. The van der Waals surface area contributed by atoms with Crippen molar-refractivity contribution in [2.45, 2.75) is 6.18 Å². The Hall–Kier alpha value is -2.90. The van der Waals surface area contributed by atoms with Gasteiger partial charge < -0.3 is 4.98 Å². The number of aromatic amines is 1. The van der Waals surface area contributed by atoms with Crippen LogP contribution < -0.4 is 11.2 Å². The number of alkyl halides is 3. The number of halogens is 3. The van der Waals surface area contributed by atoms with E-state index in [0.717, 1.165) is 12.1 Å². The summed E-state index contributed by atoms with van der Waals surface area (Å²) in [5, 5.41) is -0.585. The molecule has 0 unspecified atom stereocenters. The third kappa shape index (κ3) is 2.18. The Kier molecular flexibility index (Phi) is 3.09. The van der Waals surface area contributed by atoms with Gasteiger partial charge in [0.25, 0.3) is 5.56 Å². The van der Waals surface area contributed by atoms with Gasteiger partial charge in [0.15, 0.2) is 0 Å². The van der Waals surface area contributed by atoms with E-state index in [1.165, 1.54) is 30.6 Å². The maximum atomic E-state index is 13.1. The SMILES string of the molecule is O=c1[nH]c2cccc(C(F)(F)F)c2c(=O)n1-c1cccnc1. The van der Waals surface area contributed by atoms with Crippen LogP contribution in [0.1, 0.15) is 5.56 Å². The van der Waals surface area contributed by atoms with Crippen LogP contribution in [0.3, 0.4) is 0 Å². The lowest BCUT2D eigenvalue weighted by atomic mass is 10.1. The first-order valence-electron chi connectivity index (χ1n) is 6.15. The van der Waals surface area contributed by atoms with E-state index >= 15 is 0 Å². The molecule has 0 bridgehead atoms. The van der Waals surface area contributed by atoms with Crippen LogP contribution in [-0.4, -0.2) is 14.5 Å². The molecule has 8 heteroatoms. The number of nitrogens with zero attached hydrogens (tertiary/aromatic N) is 2. The number of hydrogen-bond donors (Lipinski definition) is 1. The predicted molar refractivity (Wildman–Crippen MR) is 73.0 cm³/mol. The Morgan fingerprint density at radius 2 is 1.86 bits per heavy atom. The lowest BCUT2D eigenvalue weighted by Crippen LogP contribution is -2.34. The zero-order chi connectivity index (χ0) is 15.9. The van der Waals surface area contributed by atoms with E-state index in [1.54, 1.807) is 0 Å². The number of nitrogens with one attached hydrogen (secondary N) is 1. The van der Waals surface area contributed by atoms with Crippen molar-refractivity contribution in [3.63, 3.8) is 0 Å². The van der Waals surface area contributed by atoms with E-state index in [2.05, 4.69) is 9.97 Å². The van der Waals surface area contributed by atoms with Gasteiger partial charge in [0.1, 0.15) is 0 Å². The van der Waals surface area contributed by atoms with Crippen LogP contribution in [-0.2, 0) is 6.18 Å². The molecule has 0 spiro atoms. The molecule has 1 N–H and O–H groups in total. The first kappa shape index (κ1) is 14.1. The van der Waals surface area contributed by atoms with E-state index in [-0.39, 0.29) is 11.2 Å². The molecule has 0 saturated carbocycles. The van der Waals surface area contributed by atoms with Gasteiger partial charge in [-0.15, -0.1) is 0 Å². The van der Waals surface area contributed by atoms with Crippen molar-refractivity contribution in [2.75, 3.05) is 0 Å². The van der Waals surface area contributed by atoms with Gasteiger partial charge in [-0.1, -0.05) is 6.07 Å². The second-order valence-electron chi connectivity index (χ2n) is 4.51. The molecule has 2 heterocycles. The van der Waals surface area contributed by atoms with Gasteiger partial charge in [-0.3, -0.25) is 9.78 Å². The third-order valence-corrected chi connectivity index (χ3v) is 3.14. The van der Waals surface area contributed by atoms with Crippen LogP contribution in [0.5, 0.6) is 0 Å². The van der Waals surface area contributed by atoms with E-state index in [0.29, 0.717) is 4.57 Å². The summed E-state index contributed by atoms with van der Waals surface area (Å²) in [6, 6.07) is 6.07. The highest BCUT2D eigenvalue weighted by Gasteiger charge is 2.34. The number of hydrogen-bond acceptors (Lipinski definition) is 3. The zero-order valence-electron chi connectivity index (χ0n) is 10.9. The van der Waals surface area contributed by atoms with Crippen molar-refractivity contribution in [2.24, 2.45) is 0 Å². The Morgan fingerprint density at radius 3 is 2.50 bits per heavy atom. The van der Waals surface area contributed by atoms with E-state index in [4.69, 9.17) is 0 Å². The number of fused-ring (bicyclic) bond motifs is 1. The van der Waals surface area contributed by atoms with Gasteiger partial charge in [0.2, 0.25) is 0 Å². The molecule has 0 amide bonds. The molecule has 112 valence electrons. The first-order valence-corrected chi connectivity index (χ1v) is 6.15. The topological polar surface area (TPSA) is 67.8 Å². The number of pyridine rings is 1. The Morgan fingerprint density at radius 1 is 1.09 bits per heavy atom. The van der Waals surface area contributed by atoms with Crippen LogP contribution in [0.15, 0.2) is 52.3 Å². The predicted octanol–water partition coefficient (Wildman–Crippen LogP) is 2.09. The van der Waals surface area contributed by atoms with E-state index in [9.17, 15) is 22.8 Å². The van der Waals surface area contributed by atoms with Gasteiger partial charge in [-0.05, 0) is 24.3 Å². The minimum Gasteiger partial charge on any atom is -0.306 e. The molecule has 0 atom stereocenters. The normalized spacial score (nSPS) is 11.8. The molecule has 3 aromatic rings. The molecule has 2 aromatic heterocycles. The van der Waals surface area contributed by atoms with Crippen LogP contribution in [0.2, 0.25) is 0 Å². The molecular formula is C14H8F3N3O2. The van der Waals surface area contributed by atoms with Crippen molar-refractivity contribution in [1.82, 2.24) is 14.5 Å². The van der Waals surface area contributed by atoms with Gasteiger partial charge >= 0.3 is 11.9 Å². The number of rotatable bonds is 1. The summed E-state index contributed by atoms with van der Waals surface area (Å²) in [5.74, 6) is 0. The average molecular weight is 307 g/mol. The molecule has 0 aliphatic carbocycles. The molecular weight excluding hydrogens is 299 g/mol. The number of H-pyrrole nitrogens is 1. The van der Waals surface area contributed by atoms with Crippen molar-refractivity contribution >= 4 is 10.9 Å². The molecule has 0 aliphatic heterocycles. The number of benzene rings is 1. The summed E-state index contributed by atoms with van der Waals surface area (Å²) >= 11 is 0. The fraction of sp³-hybridized carbons (Fsp3) is 0.0714. The molecule has 22 heavy (non-hydrogen) atoms. The highest BCUT2D eigenvalue weighted by atomic mass is 19.4. The van der Waals surface area contributed by atoms with Gasteiger partial charge in [-0.2, -0.15) is 13.2 Å². The van der Waals surface area contributed by atoms with Crippen molar-refractivity contribution < 1.29 is 13.2 Å². The summed E-state index contributed by atoms with van der Waals surface area (Å²) in [4.78, 5) is 30.5. The maximum Gasteiger partial charge on any atom is 0.417 e. The summed E-state index contributed by atoms with van der Waals surface area (Å²) in [5.41, 5.74) is -3.04. The summed E-state index contributed by atoms with van der Waals surface area (Å²) in [7, 11) is 0. The maximum absolute atomic E-state index is 13.1. The Balaban J connectivity index is 2.48. The Labute approximate surface area is 120 Å². The molecule has 5 nitrogen and oxygen atoms in total. The fourth-order valence-electron chi connectivity index (χ4n) is 2.22. The zero-order valence-corrected chi connectivity index (χ0v) is 10.9. The standard InChI is InChI=1S/C14H8F3N3O2/c15-14(16,17)9-4-1-5-10-11(9)12(21)20(13(22)19-10)8-3-2-6-18-7-8/h1-7H,(H,19,22). The van der Waals surface area contributed by atoms with Gasteiger partial charge in [0, 0.05) is 6.20 Å². The third-order valence-electron chi connectivity index (χ3n) is 3.14. The van der Waals surface area contributed by atoms with Gasteiger partial charge in [-0.25, -0.2) is 9.36 Å². The molecule has 3 rings (SSSR count). The fourth-order valence-corrected chi connectivity index (χ4v) is 2.22. The molecule has 0 fully saturated rings. The Bertz CT molecular complexity index is 959. The van der Waals surface area contributed by atoms with Crippen LogP contribution in [0, 0.1) is 0 Å². The monoisotopic (exact) mass is 307 g/mol. The smallest absolute Gasteiger partial charge is 0.306 e. The molecule has 0 aliphatic rings. The first-order chi connectivity index (χ1) is 10.4. The van der Waals surface area contributed by atoms with Crippen molar-refractivity contribution in [3.05, 3.63) is 69.1 Å². The number of aromatic nitrogens is 3. The molecule has 1 aromatic carbocycles. The second-order valence-corrected chi connectivity index (χ2v) is 4.51. The highest BCUT2D eigenvalue weighted by Crippen LogP contribution is 2.32. The molecule has 0 saturated heterocycles.